The van der Waals surface area contributed by atoms with Gasteiger partial charge in [0.2, 0.25) is 0 Å². The highest BCUT2D eigenvalue weighted by molar-refractivity contribution is 5.20. The molecule has 0 amide bonds. The van der Waals surface area contributed by atoms with Gasteiger partial charge in [-0.25, -0.2) is 4.39 Å². The van der Waals surface area contributed by atoms with E-state index in [1.807, 2.05) is 6.07 Å². The number of ether oxygens (including phenoxy) is 1. The van der Waals surface area contributed by atoms with E-state index in [9.17, 15) is 4.39 Å². The summed E-state index contributed by atoms with van der Waals surface area (Å²) in [5.74, 6) is -0.221. The summed E-state index contributed by atoms with van der Waals surface area (Å²) in [5, 5.41) is 8.74. The van der Waals surface area contributed by atoms with Crippen molar-refractivity contribution in [3.8, 4) is 0 Å². The fraction of sp³-hybridized carbons (Fsp3) is 0.625. The number of benzene rings is 1. The fourth-order valence-electron chi connectivity index (χ4n) is 2.77. The molecule has 1 aliphatic rings. The molecule has 118 valence electrons. The molecule has 0 aromatic heterocycles. The highest BCUT2D eigenvalue weighted by Gasteiger charge is 2.20. The van der Waals surface area contributed by atoms with Gasteiger partial charge in [-0.05, 0) is 31.9 Å². The van der Waals surface area contributed by atoms with Crippen LogP contribution in [-0.4, -0.2) is 49.0 Å². The summed E-state index contributed by atoms with van der Waals surface area (Å²) in [4.78, 5) is 2.35. The van der Waals surface area contributed by atoms with Gasteiger partial charge in [-0.1, -0.05) is 18.2 Å². The molecule has 3 N–H and O–H groups in total. The Kier molecular flexibility index (Phi) is 6.57. The van der Waals surface area contributed by atoms with Gasteiger partial charge in [0, 0.05) is 24.7 Å². The number of halogens is 1. The molecule has 1 heterocycles. The van der Waals surface area contributed by atoms with Crippen molar-refractivity contribution in [3.63, 3.8) is 0 Å². The molecule has 0 saturated carbocycles. The number of hydrogen-bond acceptors (Lipinski definition) is 4. The van der Waals surface area contributed by atoms with Gasteiger partial charge in [0.1, 0.15) is 5.82 Å². The third kappa shape index (κ3) is 5.04. The van der Waals surface area contributed by atoms with Crippen molar-refractivity contribution in [2.75, 3.05) is 32.8 Å². The van der Waals surface area contributed by atoms with E-state index in [1.54, 1.807) is 12.1 Å². The van der Waals surface area contributed by atoms with Gasteiger partial charge >= 0.3 is 0 Å². The number of rotatable bonds is 7. The van der Waals surface area contributed by atoms with Crippen LogP contribution in [-0.2, 0) is 4.74 Å². The molecule has 2 rings (SSSR count). The monoisotopic (exact) mass is 296 g/mol. The lowest BCUT2D eigenvalue weighted by molar-refractivity contribution is -0.00803. The fourth-order valence-corrected chi connectivity index (χ4v) is 2.77. The van der Waals surface area contributed by atoms with Gasteiger partial charge in [0.15, 0.2) is 0 Å². The van der Waals surface area contributed by atoms with Crippen LogP contribution in [0.3, 0.4) is 0 Å². The molecular formula is C16H25FN2O2. The molecule has 1 fully saturated rings. The highest BCUT2D eigenvalue weighted by atomic mass is 19.1. The van der Waals surface area contributed by atoms with Crippen molar-refractivity contribution in [1.82, 2.24) is 4.90 Å². The SMILES string of the molecule is NC(CCN1CCC(OCCO)CC1)c1ccccc1F. The van der Waals surface area contributed by atoms with E-state index >= 15 is 0 Å². The van der Waals surface area contributed by atoms with Gasteiger partial charge in [-0.15, -0.1) is 0 Å². The Morgan fingerprint density at radius 3 is 2.71 bits per heavy atom. The van der Waals surface area contributed by atoms with Gasteiger partial charge in [-0.2, -0.15) is 0 Å². The Balaban J connectivity index is 1.71. The second kappa shape index (κ2) is 8.44. The summed E-state index contributed by atoms with van der Waals surface area (Å²) in [7, 11) is 0. The number of nitrogens with two attached hydrogens (primary N) is 1. The average molecular weight is 296 g/mol. The van der Waals surface area contributed by atoms with Crippen LogP contribution in [0, 0.1) is 5.82 Å². The summed E-state index contributed by atoms with van der Waals surface area (Å²) < 4.78 is 19.2. The molecule has 1 aliphatic heterocycles. The van der Waals surface area contributed by atoms with E-state index in [0.29, 0.717) is 12.2 Å². The zero-order valence-electron chi connectivity index (χ0n) is 12.4. The molecule has 4 nitrogen and oxygen atoms in total. The average Bonchev–Trinajstić information content (AvgIpc) is 2.52. The van der Waals surface area contributed by atoms with E-state index in [0.717, 1.165) is 38.9 Å². The molecule has 1 saturated heterocycles. The summed E-state index contributed by atoms with van der Waals surface area (Å²) in [6.07, 6.45) is 2.97. The largest absolute Gasteiger partial charge is 0.394 e. The standard InChI is InChI=1S/C16H25FN2O2/c17-15-4-2-1-3-14(15)16(18)7-10-19-8-5-13(6-9-19)21-12-11-20/h1-4,13,16,20H,5-12,18H2. The lowest BCUT2D eigenvalue weighted by atomic mass is 10.0. The first-order valence-electron chi connectivity index (χ1n) is 7.65. The lowest BCUT2D eigenvalue weighted by Crippen LogP contribution is -2.38. The smallest absolute Gasteiger partial charge is 0.127 e. The number of aliphatic hydroxyl groups excluding tert-OH is 1. The molecule has 1 atom stereocenters. The Morgan fingerprint density at radius 1 is 1.33 bits per heavy atom. The number of nitrogens with zero attached hydrogens (tertiary/aromatic N) is 1. The minimum Gasteiger partial charge on any atom is -0.394 e. The van der Waals surface area contributed by atoms with Gasteiger partial charge in [0.25, 0.3) is 0 Å². The van der Waals surface area contributed by atoms with Crippen molar-refractivity contribution in [2.45, 2.75) is 31.4 Å². The first-order chi connectivity index (χ1) is 10.2. The van der Waals surface area contributed by atoms with E-state index < -0.39 is 0 Å². The van der Waals surface area contributed by atoms with Crippen LogP contribution >= 0.6 is 0 Å². The van der Waals surface area contributed by atoms with Crippen molar-refractivity contribution in [3.05, 3.63) is 35.6 Å². The minimum absolute atomic E-state index is 0.0811. The van der Waals surface area contributed by atoms with Gasteiger partial charge in [-0.3, -0.25) is 0 Å². The van der Waals surface area contributed by atoms with Crippen molar-refractivity contribution >= 4 is 0 Å². The maximum Gasteiger partial charge on any atom is 0.127 e. The molecule has 1 aromatic rings. The Bertz CT molecular complexity index is 422. The van der Waals surface area contributed by atoms with E-state index in [4.69, 9.17) is 15.6 Å². The van der Waals surface area contributed by atoms with E-state index in [2.05, 4.69) is 4.90 Å². The summed E-state index contributed by atoms with van der Waals surface area (Å²) in [6.45, 7) is 3.32. The molecule has 0 bridgehead atoms. The summed E-state index contributed by atoms with van der Waals surface area (Å²) in [5.41, 5.74) is 6.68. The van der Waals surface area contributed by atoms with Crippen molar-refractivity contribution in [1.29, 1.82) is 0 Å². The maximum atomic E-state index is 13.6. The molecular weight excluding hydrogens is 271 g/mol. The van der Waals surface area contributed by atoms with Crippen LogP contribution in [0.4, 0.5) is 4.39 Å². The van der Waals surface area contributed by atoms with Crippen molar-refractivity contribution < 1.29 is 14.2 Å². The molecule has 1 unspecified atom stereocenters. The summed E-state index contributed by atoms with van der Waals surface area (Å²) in [6, 6.07) is 6.47. The predicted octanol–water partition coefficient (Wildman–Crippen LogP) is 1.69. The maximum absolute atomic E-state index is 13.6. The highest BCUT2D eigenvalue weighted by Crippen LogP contribution is 2.19. The normalized spacial score (nSPS) is 18.8. The van der Waals surface area contributed by atoms with Crippen LogP contribution in [0.25, 0.3) is 0 Å². The van der Waals surface area contributed by atoms with Crippen LogP contribution in [0.15, 0.2) is 24.3 Å². The molecule has 0 radical (unpaired) electrons. The zero-order valence-corrected chi connectivity index (χ0v) is 12.4. The number of aliphatic hydroxyl groups is 1. The Morgan fingerprint density at radius 2 is 2.05 bits per heavy atom. The number of likely N-dealkylation sites (tertiary alicyclic amines) is 1. The second-order valence-electron chi connectivity index (χ2n) is 5.55. The molecule has 5 heteroatoms. The van der Waals surface area contributed by atoms with Gasteiger partial charge in [0.05, 0.1) is 19.3 Å². The zero-order chi connectivity index (χ0) is 15.1. The first kappa shape index (κ1) is 16.4. The molecule has 0 aliphatic carbocycles. The summed E-state index contributed by atoms with van der Waals surface area (Å²) >= 11 is 0. The Labute approximate surface area is 125 Å². The Hall–Kier alpha value is -1.01. The first-order valence-corrected chi connectivity index (χ1v) is 7.65. The van der Waals surface area contributed by atoms with E-state index in [1.165, 1.54) is 6.07 Å². The van der Waals surface area contributed by atoms with Crippen molar-refractivity contribution in [2.24, 2.45) is 5.73 Å². The predicted molar refractivity (Wildman–Crippen MR) is 80.4 cm³/mol. The molecule has 21 heavy (non-hydrogen) atoms. The lowest BCUT2D eigenvalue weighted by Gasteiger charge is -2.32. The topological polar surface area (TPSA) is 58.7 Å². The van der Waals surface area contributed by atoms with Crippen LogP contribution < -0.4 is 5.73 Å². The van der Waals surface area contributed by atoms with Crippen LogP contribution in [0.5, 0.6) is 0 Å². The third-order valence-corrected chi connectivity index (χ3v) is 4.04. The van der Waals surface area contributed by atoms with E-state index in [-0.39, 0.29) is 24.6 Å². The number of piperidine rings is 1. The number of hydrogen-bond donors (Lipinski definition) is 2. The minimum atomic E-state index is -0.255. The second-order valence-corrected chi connectivity index (χ2v) is 5.55. The van der Waals surface area contributed by atoms with Crippen LogP contribution in [0.1, 0.15) is 30.9 Å². The van der Waals surface area contributed by atoms with Crippen LogP contribution in [0.2, 0.25) is 0 Å². The third-order valence-electron chi connectivity index (χ3n) is 4.04. The quantitative estimate of drug-likeness (QED) is 0.804. The molecule has 1 aromatic carbocycles. The molecule has 0 spiro atoms. The van der Waals surface area contributed by atoms with Gasteiger partial charge < -0.3 is 20.5 Å².